The van der Waals surface area contributed by atoms with E-state index in [4.69, 9.17) is 0 Å². The average molecular weight is 311 g/mol. The van der Waals surface area contributed by atoms with Gasteiger partial charge in [0.2, 0.25) is 5.91 Å². The number of nitrogens with one attached hydrogen (secondary N) is 1. The molecule has 0 aliphatic heterocycles. The molecule has 5 nitrogen and oxygen atoms in total. The van der Waals surface area contributed by atoms with E-state index in [2.05, 4.69) is 45.2 Å². The Kier molecular flexibility index (Phi) is 3.96. The highest BCUT2D eigenvalue weighted by atomic mass is 79.9. The number of carbonyl (C=O) groups excluding carboxylic acids is 1. The second-order valence-electron chi connectivity index (χ2n) is 4.31. The number of pyridine rings is 1. The third-order valence-electron chi connectivity index (χ3n) is 2.53. The minimum absolute atomic E-state index is 0.0238. The minimum Gasteiger partial charge on any atom is -0.325 e. The van der Waals surface area contributed by atoms with Crippen LogP contribution in [0.25, 0.3) is 11.0 Å². The molecule has 0 spiro atoms. The number of hydrogen-bond acceptors (Lipinski definition) is 3. The van der Waals surface area contributed by atoms with E-state index in [1.807, 2.05) is 10.7 Å². The highest BCUT2D eigenvalue weighted by Gasteiger charge is 2.08. The van der Waals surface area contributed by atoms with Crippen LogP contribution in [0.5, 0.6) is 0 Å². The first-order valence-electron chi connectivity index (χ1n) is 5.81. The van der Waals surface area contributed by atoms with Crippen molar-refractivity contribution >= 4 is 38.6 Å². The number of alkyl halides is 1. The van der Waals surface area contributed by atoms with E-state index in [1.54, 1.807) is 12.4 Å². The van der Waals surface area contributed by atoms with Crippen LogP contribution >= 0.6 is 15.9 Å². The Labute approximate surface area is 114 Å². The van der Waals surface area contributed by atoms with Crippen molar-refractivity contribution in [3.8, 4) is 0 Å². The maximum atomic E-state index is 11.5. The molecular weight excluding hydrogens is 296 g/mol. The third kappa shape index (κ3) is 2.69. The summed E-state index contributed by atoms with van der Waals surface area (Å²) >= 11 is 3.23. The van der Waals surface area contributed by atoms with Gasteiger partial charge in [-0.1, -0.05) is 15.9 Å². The van der Waals surface area contributed by atoms with Gasteiger partial charge in [0.25, 0.3) is 0 Å². The molecule has 2 heterocycles. The van der Waals surface area contributed by atoms with E-state index in [0.29, 0.717) is 17.4 Å². The maximum absolute atomic E-state index is 11.5. The lowest BCUT2D eigenvalue weighted by molar-refractivity contribution is -0.115. The van der Waals surface area contributed by atoms with E-state index in [1.165, 1.54) is 0 Å². The molecule has 0 saturated carbocycles. The van der Waals surface area contributed by atoms with Crippen molar-refractivity contribution in [3.63, 3.8) is 0 Å². The maximum Gasteiger partial charge on any atom is 0.225 e. The molecule has 0 fully saturated rings. The zero-order chi connectivity index (χ0) is 13.1. The molecule has 0 aliphatic carbocycles. The molecule has 0 aromatic carbocycles. The average Bonchev–Trinajstić information content (AvgIpc) is 2.72. The standard InChI is InChI=1S/C12H15BrN4O/c1-8(2)17-12-9(6-15-17)5-10(7-14-12)16-11(18)3-4-13/h5-8H,3-4H2,1-2H3,(H,16,18). The summed E-state index contributed by atoms with van der Waals surface area (Å²) in [5, 5.41) is 8.67. The van der Waals surface area contributed by atoms with Gasteiger partial charge in [0.15, 0.2) is 5.65 Å². The molecule has 0 radical (unpaired) electrons. The van der Waals surface area contributed by atoms with Gasteiger partial charge < -0.3 is 5.32 Å². The van der Waals surface area contributed by atoms with Crippen LogP contribution in [0.3, 0.4) is 0 Å². The van der Waals surface area contributed by atoms with Crippen molar-refractivity contribution < 1.29 is 4.79 Å². The first kappa shape index (κ1) is 13.0. The SMILES string of the molecule is CC(C)n1ncc2cc(NC(=O)CCBr)cnc21. The molecule has 0 aliphatic rings. The van der Waals surface area contributed by atoms with Crippen LogP contribution < -0.4 is 5.32 Å². The van der Waals surface area contributed by atoms with Gasteiger partial charge in [0.05, 0.1) is 18.1 Å². The van der Waals surface area contributed by atoms with Gasteiger partial charge in [0, 0.05) is 23.2 Å². The molecule has 0 bridgehead atoms. The second-order valence-corrected chi connectivity index (χ2v) is 5.10. The van der Waals surface area contributed by atoms with Crippen LogP contribution in [-0.4, -0.2) is 26.0 Å². The number of aromatic nitrogens is 3. The van der Waals surface area contributed by atoms with E-state index in [0.717, 1.165) is 11.0 Å². The molecule has 0 unspecified atom stereocenters. The summed E-state index contributed by atoms with van der Waals surface area (Å²) < 4.78 is 1.86. The Bertz CT molecular complexity index is 564. The van der Waals surface area contributed by atoms with Gasteiger partial charge in [0.1, 0.15) is 0 Å². The zero-order valence-corrected chi connectivity index (χ0v) is 11.9. The van der Waals surface area contributed by atoms with Crippen molar-refractivity contribution in [1.29, 1.82) is 0 Å². The molecule has 0 saturated heterocycles. The predicted molar refractivity (Wildman–Crippen MR) is 75.0 cm³/mol. The van der Waals surface area contributed by atoms with Crippen LogP contribution in [0.15, 0.2) is 18.5 Å². The zero-order valence-electron chi connectivity index (χ0n) is 10.4. The molecule has 1 amide bonds. The summed E-state index contributed by atoms with van der Waals surface area (Å²) in [6.45, 7) is 4.11. The van der Waals surface area contributed by atoms with E-state index in [9.17, 15) is 4.79 Å². The van der Waals surface area contributed by atoms with Crippen LogP contribution in [-0.2, 0) is 4.79 Å². The van der Waals surface area contributed by atoms with E-state index in [-0.39, 0.29) is 11.9 Å². The molecular formula is C12H15BrN4O. The number of rotatable bonds is 4. The Morgan fingerprint density at radius 1 is 1.50 bits per heavy atom. The summed E-state index contributed by atoms with van der Waals surface area (Å²) in [6, 6.07) is 2.16. The van der Waals surface area contributed by atoms with Gasteiger partial charge in [-0.25, -0.2) is 9.67 Å². The Hall–Kier alpha value is -1.43. The molecule has 2 aromatic heterocycles. The fraction of sp³-hybridized carbons (Fsp3) is 0.417. The summed E-state index contributed by atoms with van der Waals surface area (Å²) in [4.78, 5) is 15.8. The number of amides is 1. The predicted octanol–water partition coefficient (Wildman–Crippen LogP) is 2.74. The van der Waals surface area contributed by atoms with E-state index >= 15 is 0 Å². The Morgan fingerprint density at radius 3 is 2.94 bits per heavy atom. The molecule has 1 N–H and O–H groups in total. The van der Waals surface area contributed by atoms with Crippen molar-refractivity contribution in [3.05, 3.63) is 18.5 Å². The molecule has 96 valence electrons. The van der Waals surface area contributed by atoms with Gasteiger partial charge in [-0.3, -0.25) is 4.79 Å². The van der Waals surface area contributed by atoms with Crippen molar-refractivity contribution in [2.75, 3.05) is 10.6 Å². The molecule has 2 aromatic rings. The summed E-state index contributed by atoms with van der Waals surface area (Å²) in [5.74, 6) is -0.0238. The molecule has 6 heteroatoms. The quantitative estimate of drug-likeness (QED) is 0.883. The number of hydrogen-bond donors (Lipinski definition) is 1. The third-order valence-corrected chi connectivity index (χ3v) is 2.92. The fourth-order valence-corrected chi connectivity index (χ4v) is 2.06. The monoisotopic (exact) mass is 310 g/mol. The highest BCUT2D eigenvalue weighted by Crippen LogP contribution is 2.19. The Balaban J connectivity index is 2.26. The lowest BCUT2D eigenvalue weighted by atomic mass is 10.3. The van der Waals surface area contributed by atoms with Gasteiger partial charge in [-0.05, 0) is 19.9 Å². The summed E-state index contributed by atoms with van der Waals surface area (Å²) in [5.41, 5.74) is 1.54. The molecule has 0 atom stereocenters. The largest absolute Gasteiger partial charge is 0.325 e. The molecule has 18 heavy (non-hydrogen) atoms. The van der Waals surface area contributed by atoms with Crippen molar-refractivity contribution in [2.24, 2.45) is 0 Å². The van der Waals surface area contributed by atoms with Crippen molar-refractivity contribution in [1.82, 2.24) is 14.8 Å². The number of carbonyl (C=O) groups is 1. The second kappa shape index (κ2) is 5.48. The van der Waals surface area contributed by atoms with Gasteiger partial charge in [-0.15, -0.1) is 0 Å². The smallest absolute Gasteiger partial charge is 0.225 e. The number of halogens is 1. The minimum atomic E-state index is -0.0238. The first-order valence-corrected chi connectivity index (χ1v) is 6.93. The van der Waals surface area contributed by atoms with Crippen molar-refractivity contribution in [2.45, 2.75) is 26.3 Å². The highest BCUT2D eigenvalue weighted by molar-refractivity contribution is 9.09. The Morgan fingerprint density at radius 2 is 2.28 bits per heavy atom. The lowest BCUT2D eigenvalue weighted by Gasteiger charge is -2.07. The van der Waals surface area contributed by atoms with Gasteiger partial charge >= 0.3 is 0 Å². The fourth-order valence-electron chi connectivity index (χ4n) is 1.70. The van der Waals surface area contributed by atoms with Crippen LogP contribution in [0.2, 0.25) is 0 Å². The number of fused-ring (bicyclic) bond motifs is 1. The molecule has 2 rings (SSSR count). The summed E-state index contributed by atoms with van der Waals surface area (Å²) in [7, 11) is 0. The topological polar surface area (TPSA) is 59.8 Å². The lowest BCUT2D eigenvalue weighted by Crippen LogP contribution is -2.11. The van der Waals surface area contributed by atoms with Crippen LogP contribution in [0, 0.1) is 0 Å². The van der Waals surface area contributed by atoms with Crippen LogP contribution in [0.4, 0.5) is 5.69 Å². The first-order chi connectivity index (χ1) is 8.61. The van der Waals surface area contributed by atoms with Crippen LogP contribution in [0.1, 0.15) is 26.3 Å². The number of nitrogens with zero attached hydrogens (tertiary/aromatic N) is 3. The van der Waals surface area contributed by atoms with E-state index < -0.39 is 0 Å². The normalized spacial score (nSPS) is 11.1. The number of anilines is 1. The van der Waals surface area contributed by atoms with Gasteiger partial charge in [-0.2, -0.15) is 5.10 Å². The summed E-state index contributed by atoms with van der Waals surface area (Å²) in [6.07, 6.45) is 3.88.